The molecule has 2 amide bonds. The first-order valence-electron chi connectivity index (χ1n) is 13.9. The average molecular weight is 539 g/mol. The molecule has 4 aliphatic rings. The van der Waals surface area contributed by atoms with Crippen LogP contribution >= 0.6 is 11.8 Å². The van der Waals surface area contributed by atoms with E-state index in [0.29, 0.717) is 26.2 Å². The summed E-state index contributed by atoms with van der Waals surface area (Å²) in [6.45, 7) is 3.90. The number of aliphatic hydroxyl groups is 1. The van der Waals surface area contributed by atoms with Crippen molar-refractivity contribution in [2.75, 3.05) is 26.3 Å². The van der Waals surface area contributed by atoms with Gasteiger partial charge < -0.3 is 19.6 Å². The summed E-state index contributed by atoms with van der Waals surface area (Å²) in [5.74, 6) is -1.84. The Labute approximate surface area is 229 Å². The third kappa shape index (κ3) is 4.81. The number of rotatable bonds is 8. The molecule has 8 heteroatoms. The number of thioether (sulfide) groups is 1. The lowest BCUT2D eigenvalue weighted by Crippen LogP contribution is -2.53. The van der Waals surface area contributed by atoms with Crippen LogP contribution in [0.15, 0.2) is 54.6 Å². The number of likely N-dealkylation sites (tertiary alicyclic amines) is 1. The molecule has 1 N–H and O–H groups in total. The fraction of sp³-hybridized carbons (Fsp3) is 0.567. The van der Waals surface area contributed by atoms with Gasteiger partial charge in [-0.15, -0.1) is 11.8 Å². The summed E-state index contributed by atoms with van der Waals surface area (Å²) in [4.78, 5) is 45.7. The van der Waals surface area contributed by atoms with Crippen LogP contribution < -0.4 is 0 Å². The Morgan fingerprint density at radius 2 is 1.79 bits per heavy atom. The van der Waals surface area contributed by atoms with Crippen molar-refractivity contribution in [2.45, 2.75) is 67.5 Å². The molecule has 1 aromatic rings. The van der Waals surface area contributed by atoms with Crippen LogP contribution in [0.3, 0.4) is 0 Å². The second-order valence-electron chi connectivity index (χ2n) is 11.0. The number of unbranched alkanes of at least 4 members (excludes halogenated alkanes) is 3. The molecule has 0 bridgehead atoms. The van der Waals surface area contributed by atoms with E-state index in [2.05, 4.69) is 18.2 Å². The topological polar surface area (TPSA) is 87.1 Å². The molecule has 0 radical (unpaired) electrons. The van der Waals surface area contributed by atoms with Crippen LogP contribution in [0.5, 0.6) is 0 Å². The molecule has 4 heterocycles. The largest absolute Gasteiger partial charge is 0.465 e. The Morgan fingerprint density at radius 1 is 1.00 bits per heavy atom. The van der Waals surface area contributed by atoms with Gasteiger partial charge in [0.15, 0.2) is 0 Å². The fourth-order valence-electron chi connectivity index (χ4n) is 6.61. The normalized spacial score (nSPS) is 33.5. The van der Waals surface area contributed by atoms with Crippen molar-refractivity contribution in [3.05, 3.63) is 60.2 Å². The van der Waals surface area contributed by atoms with Crippen molar-refractivity contribution < 1.29 is 24.2 Å². The molecule has 2 fully saturated rings. The maximum atomic E-state index is 14.4. The first-order valence-corrected chi connectivity index (χ1v) is 14.7. The van der Waals surface area contributed by atoms with Crippen LogP contribution in [0.25, 0.3) is 0 Å². The number of benzene rings is 1. The number of ether oxygens (including phenoxy) is 1. The lowest BCUT2D eigenvalue weighted by molar-refractivity contribution is -0.154. The SMILES string of the molecule is C[C@@]12/C=C\CCCOC(=O)[C@@H]1[C@H]1C(=O)N(CCCCCCO)C3C(=O)N(Cc4ccccc4)CC=C[C@@]31S2. The highest BCUT2D eigenvalue weighted by atomic mass is 32.2. The summed E-state index contributed by atoms with van der Waals surface area (Å²) in [7, 11) is 0. The molecule has 4 aliphatic heterocycles. The smallest absolute Gasteiger partial charge is 0.311 e. The van der Waals surface area contributed by atoms with Gasteiger partial charge in [-0.2, -0.15) is 0 Å². The summed E-state index contributed by atoms with van der Waals surface area (Å²) in [5.41, 5.74) is 1.04. The Hall–Kier alpha value is -2.58. The summed E-state index contributed by atoms with van der Waals surface area (Å²) in [6.07, 6.45) is 13.0. The standard InChI is InChI=1S/C30H38N2O5S/c1-29-15-8-5-11-20-37-28(36)24(29)23-26(34)32(18-9-2-3-10-19-33)25-27(35)31(17-12-16-30(23,25)38-29)21-22-13-6-4-7-14-22/h4,6-8,12-16,23-25,33H,2-3,5,9-11,17-21H2,1H3/b15-8-/t23-,24-,25?,29+,30-/m0/s1. The minimum absolute atomic E-state index is 0.0648. The third-order valence-electron chi connectivity index (χ3n) is 8.36. The Bertz CT molecular complexity index is 1110. The van der Waals surface area contributed by atoms with E-state index in [4.69, 9.17) is 9.84 Å². The zero-order valence-electron chi connectivity index (χ0n) is 22.1. The minimum atomic E-state index is -0.841. The van der Waals surface area contributed by atoms with Crippen LogP contribution in [0.1, 0.15) is 51.0 Å². The molecule has 0 aromatic heterocycles. The predicted octanol–water partition coefficient (Wildman–Crippen LogP) is 3.72. The number of carbonyl (C=O) groups excluding carboxylic acids is 3. The molecular formula is C30H38N2O5S. The van der Waals surface area contributed by atoms with E-state index in [1.54, 1.807) is 16.7 Å². The van der Waals surface area contributed by atoms with Gasteiger partial charge in [-0.05, 0) is 38.2 Å². The van der Waals surface area contributed by atoms with Crippen LogP contribution in [0, 0.1) is 11.8 Å². The highest BCUT2D eigenvalue weighted by Crippen LogP contribution is 2.65. The van der Waals surface area contributed by atoms with E-state index in [9.17, 15) is 14.4 Å². The number of aliphatic hydroxyl groups excluding tert-OH is 1. The number of amides is 2. The quantitative estimate of drug-likeness (QED) is 0.309. The van der Waals surface area contributed by atoms with Crippen LogP contribution in [0.2, 0.25) is 0 Å². The Balaban J connectivity index is 1.53. The number of cyclic esters (lactones) is 1. The maximum Gasteiger partial charge on any atom is 0.311 e. The van der Waals surface area contributed by atoms with E-state index in [0.717, 1.165) is 44.1 Å². The molecule has 1 spiro atoms. The highest BCUT2D eigenvalue weighted by molar-refractivity contribution is 8.02. The molecule has 38 heavy (non-hydrogen) atoms. The van der Waals surface area contributed by atoms with Gasteiger partial charge in [0.05, 0.1) is 23.2 Å². The molecule has 1 aromatic carbocycles. The maximum absolute atomic E-state index is 14.4. The number of allylic oxidation sites excluding steroid dienone is 1. The number of nitrogens with zero attached hydrogens (tertiary/aromatic N) is 2. The number of fused-ring (bicyclic) bond motifs is 2. The van der Waals surface area contributed by atoms with Crippen molar-refractivity contribution in [1.29, 1.82) is 0 Å². The zero-order valence-corrected chi connectivity index (χ0v) is 22.9. The Morgan fingerprint density at radius 3 is 2.58 bits per heavy atom. The number of esters is 1. The first-order chi connectivity index (χ1) is 18.4. The van der Waals surface area contributed by atoms with E-state index in [1.807, 2.05) is 48.2 Å². The van der Waals surface area contributed by atoms with Gasteiger partial charge in [0, 0.05) is 31.0 Å². The van der Waals surface area contributed by atoms with Crippen molar-refractivity contribution in [3.63, 3.8) is 0 Å². The van der Waals surface area contributed by atoms with Gasteiger partial charge >= 0.3 is 5.97 Å². The summed E-state index contributed by atoms with van der Waals surface area (Å²) in [5, 5.41) is 9.15. The molecule has 7 nitrogen and oxygen atoms in total. The van der Waals surface area contributed by atoms with Crippen molar-refractivity contribution in [1.82, 2.24) is 9.80 Å². The van der Waals surface area contributed by atoms with Gasteiger partial charge in [0.25, 0.3) is 0 Å². The Kier molecular flexibility index (Phi) is 8.00. The lowest BCUT2D eigenvalue weighted by atomic mass is 9.74. The summed E-state index contributed by atoms with van der Waals surface area (Å²) in [6, 6.07) is 9.23. The van der Waals surface area contributed by atoms with Gasteiger partial charge in [0.2, 0.25) is 11.8 Å². The monoisotopic (exact) mass is 538 g/mol. The van der Waals surface area contributed by atoms with E-state index >= 15 is 0 Å². The van der Waals surface area contributed by atoms with Gasteiger partial charge in [-0.3, -0.25) is 14.4 Å². The molecule has 204 valence electrons. The zero-order chi connectivity index (χ0) is 26.8. The van der Waals surface area contributed by atoms with Crippen LogP contribution in [0.4, 0.5) is 0 Å². The minimum Gasteiger partial charge on any atom is -0.465 e. The first kappa shape index (κ1) is 27.0. The van der Waals surface area contributed by atoms with Crippen LogP contribution in [-0.4, -0.2) is 74.5 Å². The molecule has 5 rings (SSSR count). The van der Waals surface area contributed by atoms with Crippen LogP contribution in [-0.2, 0) is 25.7 Å². The van der Waals surface area contributed by atoms with Gasteiger partial charge in [-0.1, -0.05) is 67.5 Å². The van der Waals surface area contributed by atoms with E-state index in [-0.39, 0.29) is 24.4 Å². The number of carbonyl (C=O) groups is 3. The number of hydrogen-bond acceptors (Lipinski definition) is 6. The highest BCUT2D eigenvalue weighted by Gasteiger charge is 2.73. The van der Waals surface area contributed by atoms with E-state index in [1.165, 1.54) is 0 Å². The average Bonchev–Trinajstić information content (AvgIpc) is 3.25. The molecular weight excluding hydrogens is 500 g/mol. The lowest BCUT2D eigenvalue weighted by Gasteiger charge is -2.37. The molecule has 5 atom stereocenters. The van der Waals surface area contributed by atoms with Gasteiger partial charge in [0.1, 0.15) is 6.04 Å². The fourth-order valence-corrected chi connectivity index (χ4v) is 8.77. The summed E-state index contributed by atoms with van der Waals surface area (Å²) < 4.78 is 4.20. The molecule has 1 unspecified atom stereocenters. The van der Waals surface area contributed by atoms with Crippen molar-refractivity contribution >= 4 is 29.5 Å². The predicted molar refractivity (Wildman–Crippen MR) is 147 cm³/mol. The van der Waals surface area contributed by atoms with E-state index < -0.39 is 27.4 Å². The third-order valence-corrected chi connectivity index (χ3v) is 10.2. The molecule has 0 aliphatic carbocycles. The second kappa shape index (κ2) is 11.3. The van der Waals surface area contributed by atoms with Gasteiger partial charge in [-0.25, -0.2) is 0 Å². The van der Waals surface area contributed by atoms with Crippen molar-refractivity contribution in [3.8, 4) is 0 Å². The summed E-state index contributed by atoms with van der Waals surface area (Å²) >= 11 is 1.60. The molecule has 2 saturated heterocycles. The molecule has 0 saturated carbocycles. The second-order valence-corrected chi connectivity index (χ2v) is 12.8. The van der Waals surface area contributed by atoms with Crippen molar-refractivity contribution in [2.24, 2.45) is 11.8 Å². The number of hydrogen-bond donors (Lipinski definition) is 1.